The van der Waals surface area contributed by atoms with Crippen LogP contribution >= 0.6 is 15.9 Å². The second kappa shape index (κ2) is 7.15. The first-order valence-electron chi connectivity index (χ1n) is 7.42. The quantitative estimate of drug-likeness (QED) is 0.670. The minimum atomic E-state index is -4.42. The van der Waals surface area contributed by atoms with E-state index in [0.717, 1.165) is 18.2 Å². The summed E-state index contributed by atoms with van der Waals surface area (Å²) in [4.78, 5) is 12.2. The normalized spacial score (nSPS) is 12.1. The van der Waals surface area contributed by atoms with Crippen LogP contribution in [0, 0.1) is 5.82 Å². The fourth-order valence-electron chi connectivity index (χ4n) is 2.29. The number of hydrogen-bond acceptors (Lipinski definition) is 1. The van der Waals surface area contributed by atoms with Gasteiger partial charge in [0.25, 0.3) is 5.91 Å². The van der Waals surface area contributed by atoms with Gasteiger partial charge in [-0.05, 0) is 45.8 Å². The number of carbonyl (C=O) groups excluding carboxylic acids is 1. The Hall–Kier alpha value is -1.89. The molecule has 2 aromatic rings. The topological polar surface area (TPSA) is 29.1 Å². The highest BCUT2D eigenvalue weighted by atomic mass is 79.9. The van der Waals surface area contributed by atoms with Gasteiger partial charge in [0, 0.05) is 16.4 Å². The summed E-state index contributed by atoms with van der Waals surface area (Å²) in [5.74, 6) is -0.917. The number of alkyl halides is 3. The molecule has 0 aliphatic carbocycles. The molecule has 0 radical (unpaired) electrons. The summed E-state index contributed by atoms with van der Waals surface area (Å²) in [5.41, 5.74) is -0.739. The molecule has 0 atom stereocenters. The SMILES string of the molecule is CC(C)(CNC(=O)c1ccc(F)cc1Br)c1cccc(C(F)(F)F)c1. The Morgan fingerprint density at radius 2 is 1.72 bits per heavy atom. The molecular formula is C18H16BrF4NO. The van der Waals surface area contributed by atoms with Crippen LogP contribution in [0.1, 0.15) is 35.3 Å². The molecule has 2 nitrogen and oxygen atoms in total. The Kier molecular flexibility index (Phi) is 5.56. The van der Waals surface area contributed by atoms with Gasteiger partial charge in [-0.15, -0.1) is 0 Å². The molecule has 25 heavy (non-hydrogen) atoms. The maximum atomic E-state index is 13.1. The maximum Gasteiger partial charge on any atom is 0.416 e. The van der Waals surface area contributed by atoms with Gasteiger partial charge in [-0.25, -0.2) is 4.39 Å². The molecular weight excluding hydrogens is 402 g/mol. The molecule has 0 fully saturated rings. The van der Waals surface area contributed by atoms with E-state index in [0.29, 0.717) is 10.0 Å². The van der Waals surface area contributed by atoms with Crippen LogP contribution in [0.4, 0.5) is 17.6 Å². The van der Waals surface area contributed by atoms with E-state index in [2.05, 4.69) is 21.2 Å². The summed E-state index contributed by atoms with van der Waals surface area (Å²) < 4.78 is 52.0. The third kappa shape index (κ3) is 4.81. The second-order valence-corrected chi connectivity index (χ2v) is 7.12. The van der Waals surface area contributed by atoms with Crippen molar-refractivity contribution < 1.29 is 22.4 Å². The molecule has 2 rings (SSSR count). The van der Waals surface area contributed by atoms with Crippen molar-refractivity contribution in [1.29, 1.82) is 0 Å². The van der Waals surface area contributed by atoms with Crippen molar-refractivity contribution in [1.82, 2.24) is 5.32 Å². The predicted molar refractivity (Wildman–Crippen MR) is 90.9 cm³/mol. The first-order valence-corrected chi connectivity index (χ1v) is 8.21. The van der Waals surface area contributed by atoms with Crippen LogP contribution in [0.2, 0.25) is 0 Å². The van der Waals surface area contributed by atoms with Gasteiger partial charge < -0.3 is 5.32 Å². The lowest BCUT2D eigenvalue weighted by molar-refractivity contribution is -0.137. The van der Waals surface area contributed by atoms with Gasteiger partial charge in [-0.1, -0.05) is 32.0 Å². The Bertz CT molecular complexity index is 787. The molecule has 0 bridgehead atoms. The lowest BCUT2D eigenvalue weighted by Crippen LogP contribution is -2.37. The minimum absolute atomic E-state index is 0.122. The molecule has 0 aliphatic heterocycles. The molecule has 0 spiro atoms. The van der Waals surface area contributed by atoms with Crippen LogP contribution < -0.4 is 5.32 Å². The Morgan fingerprint density at radius 1 is 1.08 bits per heavy atom. The summed E-state index contributed by atoms with van der Waals surface area (Å²) in [7, 11) is 0. The first-order chi connectivity index (χ1) is 11.5. The van der Waals surface area contributed by atoms with E-state index in [4.69, 9.17) is 0 Å². The van der Waals surface area contributed by atoms with Crippen LogP contribution in [-0.2, 0) is 11.6 Å². The van der Waals surface area contributed by atoms with Crippen LogP contribution in [0.3, 0.4) is 0 Å². The van der Waals surface area contributed by atoms with Crippen LogP contribution in [-0.4, -0.2) is 12.5 Å². The van der Waals surface area contributed by atoms with E-state index < -0.39 is 28.9 Å². The first kappa shape index (κ1) is 19.4. The van der Waals surface area contributed by atoms with Gasteiger partial charge in [0.05, 0.1) is 11.1 Å². The minimum Gasteiger partial charge on any atom is -0.351 e. The highest BCUT2D eigenvalue weighted by Crippen LogP contribution is 2.32. The van der Waals surface area contributed by atoms with E-state index in [1.165, 1.54) is 18.2 Å². The molecule has 0 saturated carbocycles. The van der Waals surface area contributed by atoms with Crippen molar-refractivity contribution in [3.05, 3.63) is 69.4 Å². The zero-order chi connectivity index (χ0) is 18.8. The van der Waals surface area contributed by atoms with Crippen molar-refractivity contribution in [3.8, 4) is 0 Å². The molecule has 7 heteroatoms. The van der Waals surface area contributed by atoms with Gasteiger partial charge in [0.15, 0.2) is 0 Å². The van der Waals surface area contributed by atoms with E-state index >= 15 is 0 Å². The largest absolute Gasteiger partial charge is 0.416 e. The number of carbonyl (C=O) groups is 1. The number of halogens is 5. The zero-order valence-electron chi connectivity index (χ0n) is 13.5. The second-order valence-electron chi connectivity index (χ2n) is 6.27. The van der Waals surface area contributed by atoms with Crippen LogP contribution in [0.15, 0.2) is 46.9 Å². The maximum absolute atomic E-state index is 13.1. The summed E-state index contributed by atoms with van der Waals surface area (Å²) in [6.07, 6.45) is -4.42. The van der Waals surface area contributed by atoms with Crippen molar-refractivity contribution in [2.75, 3.05) is 6.54 Å². The van der Waals surface area contributed by atoms with Crippen molar-refractivity contribution in [2.45, 2.75) is 25.4 Å². The molecule has 2 aromatic carbocycles. The van der Waals surface area contributed by atoms with Gasteiger partial charge in [0.1, 0.15) is 5.82 Å². The fraction of sp³-hybridized carbons (Fsp3) is 0.278. The molecule has 0 unspecified atom stereocenters. The van der Waals surface area contributed by atoms with Gasteiger partial charge in [0.2, 0.25) is 0 Å². The number of hydrogen-bond donors (Lipinski definition) is 1. The van der Waals surface area contributed by atoms with Crippen molar-refractivity contribution in [3.63, 3.8) is 0 Å². The molecule has 0 heterocycles. The van der Waals surface area contributed by atoms with E-state index in [9.17, 15) is 22.4 Å². The molecule has 0 aromatic heterocycles. The predicted octanol–water partition coefficient (Wildman–Crippen LogP) is 5.31. The Labute approximate surface area is 151 Å². The van der Waals surface area contributed by atoms with E-state index in [-0.39, 0.29) is 12.1 Å². The monoisotopic (exact) mass is 417 g/mol. The molecule has 0 saturated heterocycles. The van der Waals surface area contributed by atoms with Gasteiger partial charge in [-0.3, -0.25) is 4.79 Å². The van der Waals surface area contributed by atoms with Gasteiger partial charge >= 0.3 is 6.18 Å². The smallest absolute Gasteiger partial charge is 0.351 e. The summed E-state index contributed by atoms with van der Waals surface area (Å²) in [6, 6.07) is 8.71. The number of rotatable bonds is 4. The van der Waals surface area contributed by atoms with Crippen LogP contribution in [0.25, 0.3) is 0 Å². The van der Waals surface area contributed by atoms with Gasteiger partial charge in [-0.2, -0.15) is 13.2 Å². The number of benzene rings is 2. The number of amides is 1. The Balaban J connectivity index is 2.15. The Morgan fingerprint density at radius 3 is 2.32 bits per heavy atom. The van der Waals surface area contributed by atoms with Crippen molar-refractivity contribution >= 4 is 21.8 Å². The molecule has 1 N–H and O–H groups in total. The van der Waals surface area contributed by atoms with Crippen molar-refractivity contribution in [2.24, 2.45) is 0 Å². The summed E-state index contributed by atoms with van der Waals surface area (Å²) in [5, 5.41) is 2.68. The highest BCUT2D eigenvalue weighted by molar-refractivity contribution is 9.10. The zero-order valence-corrected chi connectivity index (χ0v) is 15.1. The molecule has 0 aliphatic rings. The summed E-state index contributed by atoms with van der Waals surface area (Å²) in [6.45, 7) is 3.60. The average Bonchev–Trinajstić information content (AvgIpc) is 2.52. The summed E-state index contributed by atoms with van der Waals surface area (Å²) >= 11 is 3.12. The fourth-order valence-corrected chi connectivity index (χ4v) is 2.82. The van der Waals surface area contributed by atoms with E-state index in [1.54, 1.807) is 19.9 Å². The lowest BCUT2D eigenvalue weighted by atomic mass is 9.83. The van der Waals surface area contributed by atoms with E-state index in [1.807, 2.05) is 0 Å². The third-order valence-corrected chi connectivity index (χ3v) is 4.49. The molecule has 1 amide bonds. The average molecular weight is 418 g/mol. The highest BCUT2D eigenvalue weighted by Gasteiger charge is 2.32. The molecule has 134 valence electrons. The standard InChI is InChI=1S/C18H16BrF4NO/c1-17(2,11-4-3-5-12(8-11)18(21,22)23)10-24-16(25)14-7-6-13(20)9-15(14)19/h3-9H,10H2,1-2H3,(H,24,25). The third-order valence-electron chi connectivity index (χ3n) is 3.84. The lowest BCUT2D eigenvalue weighted by Gasteiger charge is -2.26. The van der Waals surface area contributed by atoms with Crippen LogP contribution in [0.5, 0.6) is 0 Å². The number of nitrogens with one attached hydrogen (secondary N) is 1.